The van der Waals surface area contributed by atoms with Gasteiger partial charge in [0.25, 0.3) is 0 Å². The van der Waals surface area contributed by atoms with Crippen LogP contribution in [0, 0.1) is 0 Å². The minimum absolute atomic E-state index is 0.0684. The number of nitrogen functional groups attached to an aromatic ring is 1. The van der Waals surface area contributed by atoms with Crippen LogP contribution in [0.25, 0.3) is 0 Å². The monoisotopic (exact) mass is 251 g/mol. The summed E-state index contributed by atoms with van der Waals surface area (Å²) < 4.78 is 39.6. The number of ether oxygens (including phenoxy) is 1. The summed E-state index contributed by atoms with van der Waals surface area (Å²) in [6, 6.07) is 7.18. The summed E-state index contributed by atoms with van der Waals surface area (Å²) in [7, 11) is 0. The number of hydrogen-bond acceptors (Lipinski definition) is 3. The van der Waals surface area contributed by atoms with Crippen LogP contribution in [0.5, 0.6) is 0 Å². The Kier molecular flexibility index (Phi) is 4.95. The van der Waals surface area contributed by atoms with Crippen molar-refractivity contribution in [2.24, 2.45) is 0 Å². The molecule has 0 bridgehead atoms. The molecule has 16 heavy (non-hydrogen) atoms. The summed E-state index contributed by atoms with van der Waals surface area (Å²) in [6.45, 7) is -1.12. The van der Waals surface area contributed by atoms with Gasteiger partial charge in [-0.25, -0.2) is 0 Å². The van der Waals surface area contributed by atoms with Crippen LogP contribution in [0.4, 0.5) is 18.9 Å². The van der Waals surface area contributed by atoms with E-state index >= 15 is 0 Å². The molecule has 0 amide bonds. The van der Waals surface area contributed by atoms with Crippen LogP contribution in [0.3, 0.4) is 0 Å². The number of thioether (sulfide) groups is 1. The van der Waals surface area contributed by atoms with Crippen LogP contribution in [-0.2, 0) is 4.74 Å². The van der Waals surface area contributed by atoms with Gasteiger partial charge in [-0.3, -0.25) is 0 Å². The predicted octanol–water partition coefficient (Wildman–Crippen LogP) is 2.94. The van der Waals surface area contributed by atoms with Gasteiger partial charge >= 0.3 is 6.18 Å². The van der Waals surface area contributed by atoms with Crippen molar-refractivity contribution in [1.82, 2.24) is 0 Å². The molecule has 0 aliphatic carbocycles. The smallest absolute Gasteiger partial charge is 0.399 e. The molecule has 1 aromatic carbocycles. The minimum Gasteiger partial charge on any atom is -0.399 e. The van der Waals surface area contributed by atoms with E-state index in [0.717, 1.165) is 4.90 Å². The van der Waals surface area contributed by atoms with Gasteiger partial charge in [0.05, 0.1) is 6.61 Å². The minimum atomic E-state index is -4.25. The number of nitrogens with two attached hydrogens (primary N) is 1. The van der Waals surface area contributed by atoms with Crippen LogP contribution < -0.4 is 5.73 Å². The van der Waals surface area contributed by atoms with E-state index in [1.54, 1.807) is 18.2 Å². The topological polar surface area (TPSA) is 35.2 Å². The maximum atomic E-state index is 11.7. The van der Waals surface area contributed by atoms with Gasteiger partial charge in [0.2, 0.25) is 0 Å². The van der Waals surface area contributed by atoms with Gasteiger partial charge < -0.3 is 10.5 Å². The van der Waals surface area contributed by atoms with E-state index in [1.165, 1.54) is 11.8 Å². The van der Waals surface area contributed by atoms with E-state index < -0.39 is 12.8 Å². The fourth-order valence-electron chi connectivity index (χ4n) is 1.01. The molecular weight excluding hydrogens is 239 g/mol. The highest BCUT2D eigenvalue weighted by Crippen LogP contribution is 2.20. The summed E-state index contributed by atoms with van der Waals surface area (Å²) >= 11 is 1.41. The van der Waals surface area contributed by atoms with E-state index in [-0.39, 0.29) is 6.61 Å². The Hall–Kier alpha value is -0.880. The summed E-state index contributed by atoms with van der Waals surface area (Å²) in [6.07, 6.45) is -4.25. The van der Waals surface area contributed by atoms with Crippen LogP contribution in [-0.4, -0.2) is 25.1 Å². The highest BCUT2D eigenvalue weighted by Gasteiger charge is 2.27. The van der Waals surface area contributed by atoms with E-state index in [2.05, 4.69) is 4.74 Å². The third-order valence-corrected chi connectivity index (χ3v) is 2.58. The lowest BCUT2D eigenvalue weighted by molar-refractivity contribution is -0.172. The Morgan fingerprint density at radius 2 is 2.06 bits per heavy atom. The summed E-state index contributed by atoms with van der Waals surface area (Å²) in [5.74, 6) is 0.472. The molecule has 90 valence electrons. The standard InChI is InChI=1S/C10H12F3NOS/c11-10(12,13)7-15-4-5-16-9-3-1-2-8(14)6-9/h1-3,6H,4-5,7,14H2. The molecule has 2 nitrogen and oxygen atoms in total. The first-order chi connectivity index (χ1) is 7.47. The average molecular weight is 251 g/mol. The van der Waals surface area contributed by atoms with E-state index in [1.807, 2.05) is 6.07 Å². The molecule has 0 atom stereocenters. The summed E-state index contributed by atoms with van der Waals surface area (Å²) in [4.78, 5) is 0.926. The van der Waals surface area contributed by atoms with Crippen LogP contribution >= 0.6 is 11.8 Å². The molecule has 0 saturated carbocycles. The van der Waals surface area contributed by atoms with Gasteiger partial charge in [-0.15, -0.1) is 11.8 Å². The summed E-state index contributed by atoms with van der Waals surface area (Å²) in [5.41, 5.74) is 6.19. The molecule has 0 fully saturated rings. The van der Waals surface area contributed by atoms with E-state index in [0.29, 0.717) is 11.4 Å². The highest BCUT2D eigenvalue weighted by atomic mass is 32.2. The summed E-state index contributed by atoms with van der Waals surface area (Å²) in [5, 5.41) is 0. The highest BCUT2D eigenvalue weighted by molar-refractivity contribution is 7.99. The van der Waals surface area contributed by atoms with Crippen molar-refractivity contribution in [2.75, 3.05) is 24.7 Å². The Bertz CT molecular complexity index is 330. The number of alkyl halides is 3. The zero-order valence-corrected chi connectivity index (χ0v) is 9.27. The van der Waals surface area contributed by atoms with Crippen molar-refractivity contribution in [2.45, 2.75) is 11.1 Å². The zero-order valence-electron chi connectivity index (χ0n) is 8.46. The molecule has 1 aromatic rings. The van der Waals surface area contributed by atoms with Gasteiger partial charge in [-0.2, -0.15) is 13.2 Å². The lowest BCUT2D eigenvalue weighted by Crippen LogP contribution is -2.17. The molecule has 0 heterocycles. The molecular formula is C10H12F3NOS. The Morgan fingerprint density at radius 3 is 2.69 bits per heavy atom. The molecule has 0 saturated heterocycles. The molecule has 2 N–H and O–H groups in total. The van der Waals surface area contributed by atoms with Crippen molar-refractivity contribution < 1.29 is 17.9 Å². The van der Waals surface area contributed by atoms with Gasteiger partial charge in [-0.1, -0.05) is 6.07 Å². The average Bonchev–Trinajstić information content (AvgIpc) is 2.15. The molecule has 6 heteroatoms. The lowest BCUT2D eigenvalue weighted by Gasteiger charge is -2.07. The van der Waals surface area contributed by atoms with Crippen molar-refractivity contribution in [3.05, 3.63) is 24.3 Å². The van der Waals surface area contributed by atoms with Crippen molar-refractivity contribution >= 4 is 17.4 Å². The van der Waals surface area contributed by atoms with Crippen LogP contribution in [0.1, 0.15) is 0 Å². The van der Waals surface area contributed by atoms with Gasteiger partial charge in [0.1, 0.15) is 6.61 Å². The van der Waals surface area contributed by atoms with Crippen LogP contribution in [0.2, 0.25) is 0 Å². The Balaban J connectivity index is 2.17. The largest absolute Gasteiger partial charge is 0.411 e. The first-order valence-electron chi connectivity index (χ1n) is 4.60. The second kappa shape index (κ2) is 6.00. The quantitative estimate of drug-likeness (QED) is 0.496. The van der Waals surface area contributed by atoms with Crippen molar-refractivity contribution in [1.29, 1.82) is 0 Å². The molecule has 1 rings (SSSR count). The van der Waals surface area contributed by atoms with Crippen LogP contribution in [0.15, 0.2) is 29.2 Å². The Labute approximate surface area is 96.0 Å². The van der Waals surface area contributed by atoms with Gasteiger partial charge in [0.15, 0.2) is 0 Å². The molecule has 0 aliphatic rings. The maximum absolute atomic E-state index is 11.7. The van der Waals surface area contributed by atoms with Crippen molar-refractivity contribution in [3.63, 3.8) is 0 Å². The van der Waals surface area contributed by atoms with Gasteiger partial charge in [0, 0.05) is 16.3 Å². The van der Waals surface area contributed by atoms with E-state index in [9.17, 15) is 13.2 Å². The first-order valence-corrected chi connectivity index (χ1v) is 5.59. The normalized spacial score (nSPS) is 11.7. The molecule has 0 spiro atoms. The number of halogens is 3. The molecule has 0 aliphatic heterocycles. The maximum Gasteiger partial charge on any atom is 0.411 e. The second-order valence-corrected chi connectivity index (χ2v) is 4.26. The Morgan fingerprint density at radius 1 is 1.31 bits per heavy atom. The van der Waals surface area contributed by atoms with E-state index in [4.69, 9.17) is 5.73 Å². The zero-order chi connectivity index (χ0) is 12.0. The fraction of sp³-hybridized carbons (Fsp3) is 0.400. The van der Waals surface area contributed by atoms with Crippen molar-refractivity contribution in [3.8, 4) is 0 Å². The number of rotatable bonds is 5. The first kappa shape index (κ1) is 13.2. The fourth-order valence-corrected chi connectivity index (χ4v) is 1.84. The lowest BCUT2D eigenvalue weighted by atomic mass is 10.3. The SMILES string of the molecule is Nc1cccc(SCCOCC(F)(F)F)c1. The number of hydrogen-bond donors (Lipinski definition) is 1. The third-order valence-electron chi connectivity index (χ3n) is 1.62. The molecule has 0 radical (unpaired) electrons. The number of benzene rings is 1. The third kappa shape index (κ3) is 5.87. The van der Waals surface area contributed by atoms with Gasteiger partial charge in [-0.05, 0) is 18.2 Å². The molecule has 0 unspecified atom stereocenters. The number of anilines is 1. The molecule has 0 aromatic heterocycles. The predicted molar refractivity (Wildman–Crippen MR) is 58.5 cm³/mol. The second-order valence-electron chi connectivity index (χ2n) is 3.09.